The number of nitrogens with zero attached hydrogens (tertiary/aromatic N) is 4. The Morgan fingerprint density at radius 3 is 2.55 bits per heavy atom. The number of hydrogen-bond donors (Lipinski definition) is 3. The Morgan fingerprint density at radius 2 is 1.92 bits per heavy atom. The molecule has 8 nitrogen and oxygen atoms in total. The smallest absolute Gasteiger partial charge is 0.317 e. The number of rotatable bonds is 5. The summed E-state index contributed by atoms with van der Waals surface area (Å²) in [5, 5.41) is 12.0. The average molecular weight is 516 g/mol. The Kier molecular flexibility index (Phi) is 7.43. The van der Waals surface area contributed by atoms with E-state index in [4.69, 9.17) is 0 Å². The molecular formula is C30H41N7O. The lowest BCUT2D eigenvalue weighted by Gasteiger charge is -2.33. The summed E-state index contributed by atoms with van der Waals surface area (Å²) < 4.78 is 1.77. The van der Waals surface area contributed by atoms with Crippen LogP contribution < -0.4 is 16.1 Å². The molecule has 1 atom stereocenters. The van der Waals surface area contributed by atoms with Crippen molar-refractivity contribution in [2.75, 3.05) is 33.2 Å². The van der Waals surface area contributed by atoms with E-state index in [0.29, 0.717) is 11.8 Å². The second-order valence-electron chi connectivity index (χ2n) is 11.1. The third-order valence-electron chi connectivity index (χ3n) is 8.49. The summed E-state index contributed by atoms with van der Waals surface area (Å²) in [6, 6.07) is 7.22. The molecule has 202 valence electrons. The number of likely N-dealkylation sites (tertiary alicyclic amines) is 1. The minimum Gasteiger partial charge on any atom is -0.354 e. The molecule has 4 heterocycles. The van der Waals surface area contributed by atoms with E-state index in [-0.39, 0.29) is 12.1 Å². The first-order valence-electron chi connectivity index (χ1n) is 13.9. The predicted molar refractivity (Wildman–Crippen MR) is 155 cm³/mol. The summed E-state index contributed by atoms with van der Waals surface area (Å²) in [4.78, 5) is 22.9. The number of carbonyl (C=O) groups excluding carboxylic acids is 1. The zero-order valence-corrected chi connectivity index (χ0v) is 23.4. The van der Waals surface area contributed by atoms with Crippen LogP contribution in [-0.2, 0) is 0 Å². The maximum Gasteiger partial charge on any atom is 0.317 e. The van der Waals surface area contributed by atoms with Crippen molar-refractivity contribution in [3.8, 4) is 11.3 Å². The molecule has 2 amide bonds. The SMILES string of the molecule is C=Nn1cc(-c2[nH]c3ccc(C4CCN(C(=O)NC5CCNC5)CC4)cc3c2C(C)C)c(C)c(C)c1=NC. The van der Waals surface area contributed by atoms with Gasteiger partial charge in [-0.2, -0.15) is 5.10 Å². The number of aromatic amines is 1. The van der Waals surface area contributed by atoms with Crippen molar-refractivity contribution < 1.29 is 4.79 Å². The minimum atomic E-state index is 0.0868. The molecule has 2 aromatic heterocycles. The third-order valence-corrected chi connectivity index (χ3v) is 8.49. The summed E-state index contributed by atoms with van der Waals surface area (Å²) in [7, 11) is 1.79. The van der Waals surface area contributed by atoms with E-state index < -0.39 is 0 Å². The molecule has 5 rings (SSSR count). The standard InChI is InChI=1S/C30H41N7O/c1-18(2)27-24-15-22(21-10-13-36(14-11-21)30(38)34-23-9-12-33-16-23)7-8-26(24)35-28(27)25-17-37(32-6)29(31-5)20(4)19(25)3/h7-8,15,17-18,21,23,33,35H,6,9-14,16H2,1-5H3,(H,34,38). The monoisotopic (exact) mass is 515 g/mol. The molecular weight excluding hydrogens is 474 g/mol. The Bertz CT molecular complexity index is 1420. The van der Waals surface area contributed by atoms with E-state index in [0.717, 1.165) is 73.3 Å². The van der Waals surface area contributed by atoms with Crippen molar-refractivity contribution >= 4 is 23.7 Å². The van der Waals surface area contributed by atoms with Crippen LogP contribution in [0, 0.1) is 13.8 Å². The Labute approximate surface area is 225 Å². The first kappa shape index (κ1) is 26.2. The van der Waals surface area contributed by atoms with Crippen LogP contribution in [0.4, 0.5) is 4.79 Å². The van der Waals surface area contributed by atoms with Gasteiger partial charge in [-0.1, -0.05) is 19.9 Å². The van der Waals surface area contributed by atoms with Crippen LogP contribution in [0.2, 0.25) is 0 Å². The van der Waals surface area contributed by atoms with E-state index in [1.807, 2.05) is 11.1 Å². The second-order valence-corrected chi connectivity index (χ2v) is 11.1. The zero-order chi connectivity index (χ0) is 27.0. The molecule has 8 heteroatoms. The number of nitrogens with one attached hydrogen (secondary N) is 3. The number of carbonyl (C=O) groups is 1. The number of urea groups is 1. The fourth-order valence-electron chi connectivity index (χ4n) is 6.21. The Morgan fingerprint density at radius 1 is 1.16 bits per heavy atom. The van der Waals surface area contributed by atoms with Crippen molar-refractivity contribution in [2.24, 2.45) is 10.1 Å². The Hall–Kier alpha value is -3.39. The van der Waals surface area contributed by atoms with Crippen molar-refractivity contribution in [1.29, 1.82) is 0 Å². The molecule has 0 saturated carbocycles. The van der Waals surface area contributed by atoms with Crippen LogP contribution in [0.15, 0.2) is 34.5 Å². The van der Waals surface area contributed by atoms with Gasteiger partial charge < -0.3 is 20.5 Å². The fourth-order valence-corrected chi connectivity index (χ4v) is 6.21. The zero-order valence-electron chi connectivity index (χ0n) is 23.4. The van der Waals surface area contributed by atoms with Crippen LogP contribution in [0.1, 0.15) is 67.2 Å². The average Bonchev–Trinajstić information content (AvgIpc) is 3.57. The molecule has 2 fully saturated rings. The highest BCUT2D eigenvalue weighted by Crippen LogP contribution is 2.39. The molecule has 0 spiro atoms. The normalized spacial score (nSPS) is 19.1. The van der Waals surface area contributed by atoms with Gasteiger partial charge in [0.15, 0.2) is 5.49 Å². The number of piperidine rings is 1. The van der Waals surface area contributed by atoms with Gasteiger partial charge in [-0.05, 0) is 85.9 Å². The van der Waals surface area contributed by atoms with Gasteiger partial charge in [0.1, 0.15) is 0 Å². The molecule has 38 heavy (non-hydrogen) atoms. The van der Waals surface area contributed by atoms with Gasteiger partial charge in [-0.15, -0.1) is 0 Å². The Balaban J connectivity index is 1.44. The van der Waals surface area contributed by atoms with Gasteiger partial charge in [-0.3, -0.25) is 4.99 Å². The molecule has 0 aliphatic carbocycles. The molecule has 3 aromatic rings. The molecule has 2 saturated heterocycles. The van der Waals surface area contributed by atoms with E-state index in [9.17, 15) is 4.79 Å². The van der Waals surface area contributed by atoms with E-state index in [1.54, 1.807) is 11.7 Å². The second kappa shape index (κ2) is 10.8. The fraction of sp³-hybridized carbons (Fsp3) is 0.500. The van der Waals surface area contributed by atoms with Crippen LogP contribution in [0.5, 0.6) is 0 Å². The number of aromatic nitrogens is 2. The number of pyridine rings is 1. The summed E-state index contributed by atoms with van der Waals surface area (Å²) >= 11 is 0. The quantitative estimate of drug-likeness (QED) is 0.433. The lowest BCUT2D eigenvalue weighted by molar-refractivity contribution is 0.178. The first-order valence-corrected chi connectivity index (χ1v) is 13.9. The van der Waals surface area contributed by atoms with E-state index in [1.165, 1.54) is 22.1 Å². The number of benzene rings is 1. The summed E-state index contributed by atoms with van der Waals surface area (Å²) in [5.74, 6) is 0.793. The third kappa shape index (κ3) is 4.77. The number of H-pyrrole nitrogens is 1. The molecule has 0 radical (unpaired) electrons. The van der Waals surface area contributed by atoms with Crippen molar-refractivity contribution in [2.45, 2.75) is 64.8 Å². The lowest BCUT2D eigenvalue weighted by Crippen LogP contribution is -2.48. The van der Waals surface area contributed by atoms with E-state index >= 15 is 0 Å². The largest absolute Gasteiger partial charge is 0.354 e. The maximum atomic E-state index is 12.7. The highest BCUT2D eigenvalue weighted by atomic mass is 16.2. The number of amides is 2. The van der Waals surface area contributed by atoms with Crippen molar-refractivity contribution in [3.05, 3.63) is 52.1 Å². The summed E-state index contributed by atoms with van der Waals surface area (Å²) in [6.45, 7) is 16.0. The molecule has 2 aliphatic heterocycles. The first-order chi connectivity index (χ1) is 18.3. The highest BCUT2D eigenvalue weighted by Gasteiger charge is 2.27. The number of hydrogen-bond acceptors (Lipinski definition) is 4. The molecule has 2 aliphatic rings. The molecule has 0 bridgehead atoms. The summed E-state index contributed by atoms with van der Waals surface area (Å²) in [6.07, 6.45) is 5.03. The minimum absolute atomic E-state index is 0.0868. The van der Waals surface area contributed by atoms with Gasteiger partial charge in [-0.25, -0.2) is 9.47 Å². The van der Waals surface area contributed by atoms with Crippen LogP contribution in [0.3, 0.4) is 0 Å². The van der Waals surface area contributed by atoms with E-state index in [2.05, 4.69) is 78.3 Å². The topological polar surface area (TPSA) is 89.8 Å². The summed E-state index contributed by atoms with van der Waals surface area (Å²) in [5.41, 5.74) is 9.22. The molecule has 1 aromatic carbocycles. The maximum absolute atomic E-state index is 12.7. The van der Waals surface area contributed by atoms with Gasteiger partial charge in [0.25, 0.3) is 0 Å². The predicted octanol–water partition coefficient (Wildman–Crippen LogP) is 4.62. The lowest BCUT2D eigenvalue weighted by atomic mass is 9.87. The van der Waals surface area contributed by atoms with Crippen LogP contribution in [0.25, 0.3) is 22.2 Å². The van der Waals surface area contributed by atoms with Crippen LogP contribution in [-0.4, -0.2) is 66.6 Å². The molecule has 3 N–H and O–H groups in total. The number of fused-ring (bicyclic) bond motifs is 1. The highest BCUT2D eigenvalue weighted by molar-refractivity contribution is 5.92. The van der Waals surface area contributed by atoms with Crippen LogP contribution >= 0.6 is 0 Å². The molecule has 1 unspecified atom stereocenters. The van der Waals surface area contributed by atoms with Gasteiger partial charge in [0, 0.05) is 62.1 Å². The van der Waals surface area contributed by atoms with Gasteiger partial charge >= 0.3 is 6.03 Å². The van der Waals surface area contributed by atoms with Crippen molar-refractivity contribution in [1.82, 2.24) is 25.2 Å². The van der Waals surface area contributed by atoms with Crippen molar-refractivity contribution in [3.63, 3.8) is 0 Å². The van der Waals surface area contributed by atoms with Gasteiger partial charge in [0.2, 0.25) is 0 Å². The van der Waals surface area contributed by atoms with Gasteiger partial charge in [0.05, 0.1) is 5.69 Å².